The van der Waals surface area contributed by atoms with Crippen LogP contribution >= 0.6 is 0 Å². The van der Waals surface area contributed by atoms with E-state index in [-0.39, 0.29) is 6.61 Å². The summed E-state index contributed by atoms with van der Waals surface area (Å²) in [4.78, 5) is 4.23. The van der Waals surface area contributed by atoms with Gasteiger partial charge in [0.05, 0.1) is 6.54 Å². The molecular weight excluding hydrogens is 204 g/mol. The number of hydrogen-bond acceptors (Lipinski definition) is 4. The number of aliphatic hydroxyl groups excluding tert-OH is 1. The van der Waals surface area contributed by atoms with Crippen molar-refractivity contribution in [2.45, 2.75) is 52.2 Å². The average molecular weight is 226 g/mol. The Morgan fingerprint density at radius 2 is 2.19 bits per heavy atom. The fourth-order valence-corrected chi connectivity index (χ4v) is 1.60. The lowest BCUT2D eigenvalue weighted by atomic mass is 10.2. The molecule has 5 heteroatoms. The van der Waals surface area contributed by atoms with Gasteiger partial charge in [-0.1, -0.05) is 0 Å². The summed E-state index contributed by atoms with van der Waals surface area (Å²) in [6.45, 7) is 7.28. The fourth-order valence-electron chi connectivity index (χ4n) is 1.60. The van der Waals surface area contributed by atoms with Crippen molar-refractivity contribution in [3.8, 4) is 0 Å². The molecule has 1 atom stereocenters. The zero-order chi connectivity index (χ0) is 12.0. The first-order chi connectivity index (χ1) is 7.65. The standard InChI is InChI=1S/C11H22N4O/c1-9(2)15-11(13-8-14-15)7-12-10(3)5-4-6-16/h8-10,12,16H,4-7H2,1-3H3. The van der Waals surface area contributed by atoms with Crippen LogP contribution in [0.15, 0.2) is 6.33 Å². The number of hydrogen-bond donors (Lipinski definition) is 2. The molecular formula is C11H22N4O. The van der Waals surface area contributed by atoms with Gasteiger partial charge in [0, 0.05) is 18.7 Å². The summed E-state index contributed by atoms with van der Waals surface area (Å²) < 4.78 is 1.92. The fraction of sp³-hybridized carbons (Fsp3) is 0.818. The second-order valence-corrected chi connectivity index (χ2v) is 4.36. The summed E-state index contributed by atoms with van der Waals surface area (Å²) in [6.07, 6.45) is 3.41. The normalized spacial score (nSPS) is 13.3. The smallest absolute Gasteiger partial charge is 0.141 e. The molecule has 1 rings (SSSR count). The quantitative estimate of drug-likeness (QED) is 0.731. The summed E-state index contributed by atoms with van der Waals surface area (Å²) in [5, 5.41) is 16.3. The molecule has 1 aromatic rings. The Bertz CT molecular complexity index is 298. The van der Waals surface area contributed by atoms with E-state index >= 15 is 0 Å². The van der Waals surface area contributed by atoms with Crippen molar-refractivity contribution in [2.24, 2.45) is 0 Å². The SMILES string of the molecule is CC(CCCO)NCc1ncnn1C(C)C. The maximum absolute atomic E-state index is 8.73. The Labute approximate surface area is 96.9 Å². The molecule has 0 spiro atoms. The highest BCUT2D eigenvalue weighted by atomic mass is 16.2. The summed E-state index contributed by atoms with van der Waals surface area (Å²) in [5.74, 6) is 0.964. The van der Waals surface area contributed by atoms with Crippen molar-refractivity contribution >= 4 is 0 Å². The Hall–Kier alpha value is -0.940. The molecule has 0 fully saturated rings. The molecule has 0 aromatic carbocycles. The molecule has 16 heavy (non-hydrogen) atoms. The van der Waals surface area contributed by atoms with E-state index in [0.29, 0.717) is 12.1 Å². The van der Waals surface area contributed by atoms with Gasteiger partial charge in [0.2, 0.25) is 0 Å². The predicted octanol–water partition coefficient (Wildman–Crippen LogP) is 1.11. The van der Waals surface area contributed by atoms with Gasteiger partial charge in [-0.05, 0) is 33.6 Å². The van der Waals surface area contributed by atoms with Crippen LogP contribution in [0.5, 0.6) is 0 Å². The Balaban J connectivity index is 2.39. The molecule has 1 aromatic heterocycles. The van der Waals surface area contributed by atoms with E-state index in [2.05, 4.69) is 36.2 Å². The molecule has 0 saturated heterocycles. The van der Waals surface area contributed by atoms with Crippen molar-refractivity contribution < 1.29 is 5.11 Å². The molecule has 0 radical (unpaired) electrons. The van der Waals surface area contributed by atoms with Crippen LogP contribution in [0.2, 0.25) is 0 Å². The highest BCUT2D eigenvalue weighted by molar-refractivity contribution is 4.86. The van der Waals surface area contributed by atoms with E-state index in [1.54, 1.807) is 6.33 Å². The lowest BCUT2D eigenvalue weighted by Crippen LogP contribution is -2.27. The van der Waals surface area contributed by atoms with Crippen LogP contribution in [-0.4, -0.2) is 32.5 Å². The van der Waals surface area contributed by atoms with Gasteiger partial charge in [0.1, 0.15) is 12.2 Å². The Morgan fingerprint density at radius 1 is 1.44 bits per heavy atom. The van der Waals surface area contributed by atoms with Crippen LogP contribution in [0.25, 0.3) is 0 Å². The van der Waals surface area contributed by atoms with E-state index in [0.717, 1.165) is 25.2 Å². The number of aliphatic hydroxyl groups is 1. The Morgan fingerprint density at radius 3 is 2.81 bits per heavy atom. The summed E-state index contributed by atoms with van der Waals surface area (Å²) in [5.41, 5.74) is 0. The molecule has 92 valence electrons. The first-order valence-electron chi connectivity index (χ1n) is 5.87. The van der Waals surface area contributed by atoms with Crippen LogP contribution in [0, 0.1) is 0 Å². The van der Waals surface area contributed by atoms with Crippen molar-refractivity contribution in [1.29, 1.82) is 0 Å². The van der Waals surface area contributed by atoms with Gasteiger partial charge in [0.15, 0.2) is 0 Å². The van der Waals surface area contributed by atoms with Gasteiger partial charge in [0.25, 0.3) is 0 Å². The van der Waals surface area contributed by atoms with Gasteiger partial charge < -0.3 is 10.4 Å². The molecule has 2 N–H and O–H groups in total. The van der Waals surface area contributed by atoms with Crippen molar-refractivity contribution in [3.63, 3.8) is 0 Å². The topological polar surface area (TPSA) is 63.0 Å². The number of aromatic nitrogens is 3. The van der Waals surface area contributed by atoms with Crippen molar-refractivity contribution in [1.82, 2.24) is 20.1 Å². The largest absolute Gasteiger partial charge is 0.396 e. The zero-order valence-corrected chi connectivity index (χ0v) is 10.3. The van der Waals surface area contributed by atoms with Crippen LogP contribution in [0.1, 0.15) is 45.5 Å². The van der Waals surface area contributed by atoms with Gasteiger partial charge in [-0.2, -0.15) is 5.10 Å². The van der Waals surface area contributed by atoms with E-state index in [9.17, 15) is 0 Å². The minimum absolute atomic E-state index is 0.258. The third kappa shape index (κ3) is 3.90. The van der Waals surface area contributed by atoms with Crippen LogP contribution in [0.3, 0.4) is 0 Å². The average Bonchev–Trinajstić information content (AvgIpc) is 2.71. The highest BCUT2D eigenvalue weighted by Crippen LogP contribution is 2.05. The minimum atomic E-state index is 0.258. The molecule has 0 aliphatic rings. The third-order valence-electron chi connectivity index (χ3n) is 2.54. The van der Waals surface area contributed by atoms with E-state index < -0.39 is 0 Å². The second kappa shape index (κ2) is 6.60. The maximum Gasteiger partial charge on any atom is 0.141 e. The first kappa shape index (κ1) is 13.1. The Kier molecular flexibility index (Phi) is 5.42. The van der Waals surface area contributed by atoms with Gasteiger partial charge in [-0.15, -0.1) is 0 Å². The van der Waals surface area contributed by atoms with Crippen molar-refractivity contribution in [3.05, 3.63) is 12.2 Å². The van der Waals surface area contributed by atoms with E-state index in [1.807, 2.05) is 4.68 Å². The second-order valence-electron chi connectivity index (χ2n) is 4.36. The molecule has 0 saturated carbocycles. The third-order valence-corrected chi connectivity index (χ3v) is 2.54. The maximum atomic E-state index is 8.73. The molecule has 5 nitrogen and oxygen atoms in total. The lowest BCUT2D eigenvalue weighted by molar-refractivity contribution is 0.276. The molecule has 0 amide bonds. The van der Waals surface area contributed by atoms with Gasteiger partial charge >= 0.3 is 0 Å². The van der Waals surface area contributed by atoms with E-state index in [4.69, 9.17) is 5.11 Å². The number of nitrogens with one attached hydrogen (secondary N) is 1. The van der Waals surface area contributed by atoms with E-state index in [1.165, 1.54) is 0 Å². The molecule has 0 aliphatic heterocycles. The predicted molar refractivity (Wildman–Crippen MR) is 63.0 cm³/mol. The van der Waals surface area contributed by atoms with Crippen molar-refractivity contribution in [2.75, 3.05) is 6.61 Å². The first-order valence-corrected chi connectivity index (χ1v) is 5.87. The monoisotopic (exact) mass is 226 g/mol. The number of rotatable bonds is 7. The molecule has 0 bridgehead atoms. The minimum Gasteiger partial charge on any atom is -0.396 e. The highest BCUT2D eigenvalue weighted by Gasteiger charge is 2.08. The van der Waals surface area contributed by atoms with Crippen LogP contribution in [0.4, 0.5) is 0 Å². The van der Waals surface area contributed by atoms with Crippen LogP contribution in [-0.2, 0) is 6.54 Å². The van der Waals surface area contributed by atoms with Gasteiger partial charge in [-0.3, -0.25) is 0 Å². The van der Waals surface area contributed by atoms with Crippen LogP contribution < -0.4 is 5.32 Å². The summed E-state index contributed by atoms with van der Waals surface area (Å²) in [7, 11) is 0. The lowest BCUT2D eigenvalue weighted by Gasteiger charge is -2.14. The zero-order valence-electron chi connectivity index (χ0n) is 10.3. The molecule has 1 unspecified atom stereocenters. The number of nitrogens with zero attached hydrogens (tertiary/aromatic N) is 3. The summed E-state index contributed by atoms with van der Waals surface area (Å²) >= 11 is 0. The molecule has 1 heterocycles. The summed E-state index contributed by atoms with van der Waals surface area (Å²) in [6, 6.07) is 0.733. The molecule has 0 aliphatic carbocycles. The van der Waals surface area contributed by atoms with Gasteiger partial charge in [-0.25, -0.2) is 9.67 Å².